The van der Waals surface area contributed by atoms with Crippen molar-refractivity contribution in [2.75, 3.05) is 48.3 Å². The zero-order valence-corrected chi connectivity index (χ0v) is 20.4. The minimum Gasteiger partial charge on any atom is -0.507 e. The van der Waals surface area contributed by atoms with E-state index in [0.29, 0.717) is 28.8 Å². The van der Waals surface area contributed by atoms with Crippen LogP contribution < -0.4 is 20.3 Å². The summed E-state index contributed by atoms with van der Waals surface area (Å²) >= 11 is 0. The largest absolute Gasteiger partial charge is 0.507 e. The average molecular weight is 498 g/mol. The van der Waals surface area contributed by atoms with Crippen LogP contribution in [0.4, 0.5) is 17.3 Å². The van der Waals surface area contributed by atoms with Gasteiger partial charge in [0, 0.05) is 51.1 Å². The first kappa shape index (κ1) is 23.9. The van der Waals surface area contributed by atoms with Crippen molar-refractivity contribution in [3.8, 4) is 34.7 Å². The molecule has 1 aliphatic rings. The predicted octanol–water partition coefficient (Wildman–Crippen LogP) is 2.10. The average Bonchev–Trinajstić information content (AvgIpc) is 3.17. The topological polar surface area (TPSA) is 131 Å². The van der Waals surface area contributed by atoms with Gasteiger partial charge in [0.1, 0.15) is 11.6 Å². The maximum Gasteiger partial charge on any atom is 0.212 e. The van der Waals surface area contributed by atoms with Crippen LogP contribution in [0, 0.1) is 11.8 Å². The van der Waals surface area contributed by atoms with E-state index in [1.807, 2.05) is 31.3 Å². The minimum atomic E-state index is 0.153. The highest BCUT2D eigenvalue weighted by atomic mass is 16.5. The third-order valence-corrected chi connectivity index (χ3v) is 6.05. The van der Waals surface area contributed by atoms with E-state index >= 15 is 0 Å². The fourth-order valence-corrected chi connectivity index (χ4v) is 4.17. The Morgan fingerprint density at radius 1 is 1.03 bits per heavy atom. The van der Waals surface area contributed by atoms with Crippen LogP contribution in [0.2, 0.25) is 0 Å². The maximum absolute atomic E-state index is 10.2. The molecule has 11 nitrogen and oxygen atoms in total. The highest BCUT2D eigenvalue weighted by Gasteiger charge is 2.20. The highest BCUT2D eigenvalue weighted by molar-refractivity contribution is 5.74. The van der Waals surface area contributed by atoms with E-state index in [0.717, 1.165) is 44.1 Å². The van der Waals surface area contributed by atoms with Crippen molar-refractivity contribution in [3.63, 3.8) is 0 Å². The van der Waals surface area contributed by atoms with Crippen molar-refractivity contribution in [1.29, 1.82) is 0 Å². The van der Waals surface area contributed by atoms with Crippen LogP contribution in [0.15, 0.2) is 54.9 Å². The molecule has 1 aliphatic heterocycles. The van der Waals surface area contributed by atoms with Gasteiger partial charge >= 0.3 is 0 Å². The van der Waals surface area contributed by atoms with Crippen molar-refractivity contribution in [2.24, 2.45) is 7.05 Å². The van der Waals surface area contributed by atoms with Crippen molar-refractivity contribution >= 4 is 17.3 Å². The molecule has 0 bridgehead atoms. The van der Waals surface area contributed by atoms with Gasteiger partial charge in [-0.3, -0.25) is 0 Å². The molecule has 4 heterocycles. The van der Waals surface area contributed by atoms with Crippen LogP contribution in [0.5, 0.6) is 11.6 Å². The molecule has 3 aromatic heterocycles. The first-order valence-corrected chi connectivity index (χ1v) is 11.9. The molecule has 188 valence electrons. The second-order valence-corrected chi connectivity index (χ2v) is 8.47. The third kappa shape index (κ3) is 5.54. The summed E-state index contributed by atoms with van der Waals surface area (Å²) < 4.78 is 7.23. The lowest BCUT2D eigenvalue weighted by atomic mass is 10.1. The lowest BCUT2D eigenvalue weighted by molar-refractivity contribution is 0.335. The number of aryl methyl sites for hydroxylation is 1. The number of nitrogen functional groups attached to an aromatic ring is 1. The predicted molar refractivity (Wildman–Crippen MR) is 140 cm³/mol. The number of nitrogens with two attached hydrogens (primary N) is 1. The number of phenolic OH excluding ortho intramolecular Hbond substituents is 1. The summed E-state index contributed by atoms with van der Waals surface area (Å²) in [6.07, 6.45) is 4.29. The van der Waals surface area contributed by atoms with Crippen LogP contribution in [0.1, 0.15) is 12.2 Å². The van der Waals surface area contributed by atoms with Crippen molar-refractivity contribution < 1.29 is 9.84 Å². The molecular weight excluding hydrogens is 470 g/mol. The van der Waals surface area contributed by atoms with Gasteiger partial charge in [-0.15, -0.1) is 10.2 Å². The Morgan fingerprint density at radius 3 is 2.70 bits per heavy atom. The molecule has 1 aromatic carbocycles. The number of hydrogen-bond acceptors (Lipinski definition) is 10. The number of benzene rings is 1. The molecule has 3 N–H and O–H groups in total. The summed E-state index contributed by atoms with van der Waals surface area (Å²) in [5.74, 6) is 8.37. The Kier molecular flexibility index (Phi) is 6.98. The van der Waals surface area contributed by atoms with Gasteiger partial charge in [0.05, 0.1) is 17.6 Å². The van der Waals surface area contributed by atoms with E-state index in [1.165, 1.54) is 0 Å². The fourth-order valence-electron chi connectivity index (χ4n) is 4.17. The summed E-state index contributed by atoms with van der Waals surface area (Å²) in [5, 5.41) is 22.6. The molecule has 11 heteroatoms. The number of phenols is 1. The molecule has 0 spiro atoms. The molecule has 0 amide bonds. The van der Waals surface area contributed by atoms with E-state index in [2.05, 4.69) is 46.9 Å². The number of rotatable bonds is 5. The normalized spacial score (nSPS) is 13.5. The van der Waals surface area contributed by atoms with Crippen LogP contribution in [-0.2, 0) is 7.05 Å². The Morgan fingerprint density at radius 2 is 1.86 bits per heavy atom. The van der Waals surface area contributed by atoms with Crippen molar-refractivity contribution in [3.05, 3.63) is 60.7 Å². The summed E-state index contributed by atoms with van der Waals surface area (Å²) in [7, 11) is 1.81. The molecule has 5 rings (SSSR count). The van der Waals surface area contributed by atoms with Crippen molar-refractivity contribution in [1.82, 2.24) is 29.9 Å². The lowest BCUT2D eigenvalue weighted by Gasteiger charge is -2.25. The zero-order chi connectivity index (χ0) is 25.6. The lowest BCUT2D eigenvalue weighted by Crippen LogP contribution is -2.31. The molecule has 0 saturated carbocycles. The standard InChI is InChI=1S/C26H27N9O2/c1-33-25(10-12-29-33)37-17-4-8-23-28-11-9-24(30-23)35-14-5-13-34(15-16-35)21-18-20(31-32-26(21)27)19-6-2-3-7-22(19)36/h2-3,6-7,9-12,18,36H,5,13-17H2,1H3,(H2,27,32). The molecule has 1 saturated heterocycles. The maximum atomic E-state index is 10.2. The quantitative estimate of drug-likeness (QED) is 0.395. The summed E-state index contributed by atoms with van der Waals surface area (Å²) in [4.78, 5) is 13.3. The minimum absolute atomic E-state index is 0.153. The van der Waals surface area contributed by atoms with Crippen LogP contribution in [0.25, 0.3) is 11.3 Å². The van der Waals surface area contributed by atoms with Crippen LogP contribution >= 0.6 is 0 Å². The Bertz CT molecular complexity index is 1440. The van der Waals surface area contributed by atoms with Crippen LogP contribution in [0.3, 0.4) is 0 Å². The smallest absolute Gasteiger partial charge is 0.212 e. The van der Waals surface area contributed by atoms with Gasteiger partial charge in [-0.1, -0.05) is 18.1 Å². The highest BCUT2D eigenvalue weighted by Crippen LogP contribution is 2.31. The molecule has 37 heavy (non-hydrogen) atoms. The molecule has 4 aromatic rings. The van der Waals surface area contributed by atoms with Gasteiger partial charge < -0.3 is 25.4 Å². The van der Waals surface area contributed by atoms with Gasteiger partial charge in [0.25, 0.3) is 0 Å². The van der Waals surface area contributed by atoms with Gasteiger partial charge in [0.2, 0.25) is 11.7 Å². The molecule has 0 atom stereocenters. The number of anilines is 3. The Hall–Kier alpha value is -4.85. The van der Waals surface area contributed by atoms with Gasteiger partial charge in [0.15, 0.2) is 12.4 Å². The first-order valence-electron chi connectivity index (χ1n) is 11.9. The van der Waals surface area contributed by atoms with Gasteiger partial charge in [-0.05, 0) is 36.6 Å². The summed E-state index contributed by atoms with van der Waals surface area (Å²) in [5.41, 5.74) is 8.21. The molecule has 0 radical (unpaired) electrons. The summed E-state index contributed by atoms with van der Waals surface area (Å²) in [6.45, 7) is 3.31. The number of aromatic hydroxyl groups is 1. The zero-order valence-electron chi connectivity index (χ0n) is 20.4. The second kappa shape index (κ2) is 10.8. The number of aromatic nitrogens is 6. The molecule has 0 unspecified atom stereocenters. The van der Waals surface area contributed by atoms with E-state index in [9.17, 15) is 5.11 Å². The molecule has 1 fully saturated rings. The second-order valence-electron chi connectivity index (χ2n) is 8.47. The number of hydrogen-bond donors (Lipinski definition) is 2. The van der Waals surface area contributed by atoms with E-state index < -0.39 is 0 Å². The first-order chi connectivity index (χ1) is 18.1. The number of para-hydroxylation sites is 1. The van der Waals surface area contributed by atoms with Crippen molar-refractivity contribution in [2.45, 2.75) is 6.42 Å². The van der Waals surface area contributed by atoms with E-state index in [4.69, 9.17) is 10.5 Å². The van der Waals surface area contributed by atoms with E-state index in [1.54, 1.807) is 35.3 Å². The fraction of sp³-hybridized carbons (Fsp3) is 0.269. The Balaban J connectivity index is 1.26. The molecule has 0 aliphatic carbocycles. The number of nitrogens with zero attached hydrogens (tertiary/aromatic N) is 8. The monoisotopic (exact) mass is 497 g/mol. The number of ether oxygens (including phenoxy) is 1. The summed E-state index contributed by atoms with van der Waals surface area (Å²) in [6, 6.07) is 12.6. The SMILES string of the molecule is Cn1nccc1OCC#Cc1nccc(N2CCCN(c3cc(-c4ccccc4O)nnc3N)CC2)n1. The van der Waals surface area contributed by atoms with E-state index in [-0.39, 0.29) is 12.4 Å². The third-order valence-electron chi connectivity index (χ3n) is 6.05. The Labute approximate surface area is 214 Å². The van der Waals surface area contributed by atoms with Gasteiger partial charge in [-0.2, -0.15) is 5.10 Å². The van der Waals surface area contributed by atoms with Gasteiger partial charge in [-0.25, -0.2) is 14.6 Å². The van der Waals surface area contributed by atoms with Crippen LogP contribution in [-0.4, -0.2) is 67.8 Å². The molecular formula is C26H27N9O2.